The van der Waals surface area contributed by atoms with Crippen LogP contribution in [0.5, 0.6) is 17.2 Å². The van der Waals surface area contributed by atoms with Gasteiger partial charge in [0.05, 0.1) is 52.3 Å². The van der Waals surface area contributed by atoms with E-state index in [1.54, 1.807) is 21.3 Å². The van der Waals surface area contributed by atoms with Crippen LogP contribution < -0.4 is 24.8 Å². The summed E-state index contributed by atoms with van der Waals surface area (Å²) in [6.07, 6.45) is 2.55. The number of ether oxygens (including phenoxy) is 3. The number of rotatable bonds is 17. The molecule has 4 aromatic rings. The molecular formula is C49H56N4O4. The minimum Gasteiger partial charge on any atom is -0.497 e. The molecule has 0 aromatic heterocycles. The standard InChI is InChI=1S/C49H56N4O4/c1-10-33-11-13-34(14-12-33)44-38(29-50-46(44)36-17-23-41(56-8)24-18-36)27-32(2)52-48(3,4)31-49(5,6)53-43(54)28-39-30-51-47(37-19-25-42(57-9)26-20-37)45(39)35-15-21-40(55-7)22-16-35/h11-26,52H,2,10,27-31H2,1,3-9H3,(H,53,54). The number of amides is 1. The molecule has 0 saturated heterocycles. The van der Waals surface area contributed by atoms with E-state index in [-0.39, 0.29) is 17.9 Å². The average Bonchev–Trinajstić information content (AvgIpc) is 3.81. The lowest BCUT2D eigenvalue weighted by atomic mass is 9.85. The number of hydrogen-bond donors (Lipinski definition) is 2. The van der Waals surface area contributed by atoms with Crippen molar-refractivity contribution in [3.63, 3.8) is 0 Å². The fraction of sp³-hybridized carbons (Fsp3) is 0.327. The molecule has 0 atom stereocenters. The number of hydrogen-bond acceptors (Lipinski definition) is 7. The summed E-state index contributed by atoms with van der Waals surface area (Å²) in [7, 11) is 4.99. The van der Waals surface area contributed by atoms with E-state index in [1.807, 2.05) is 60.7 Å². The van der Waals surface area contributed by atoms with Gasteiger partial charge in [-0.25, -0.2) is 0 Å². The number of carbonyl (C=O) groups is 1. The Labute approximate surface area is 338 Å². The van der Waals surface area contributed by atoms with Crippen LogP contribution in [-0.2, 0) is 11.2 Å². The molecule has 0 bridgehead atoms. The zero-order chi connectivity index (χ0) is 40.7. The Hall–Kier alpha value is -5.89. The van der Waals surface area contributed by atoms with Gasteiger partial charge in [-0.15, -0.1) is 0 Å². The molecule has 6 rings (SSSR count). The van der Waals surface area contributed by atoms with Gasteiger partial charge in [0.1, 0.15) is 17.2 Å². The highest BCUT2D eigenvalue weighted by molar-refractivity contribution is 6.34. The molecule has 0 fully saturated rings. The van der Waals surface area contributed by atoms with Crippen LogP contribution in [-0.4, -0.2) is 62.8 Å². The summed E-state index contributed by atoms with van der Waals surface area (Å²) in [6.45, 7) is 16.2. The third-order valence-corrected chi connectivity index (χ3v) is 10.5. The number of aryl methyl sites for hydroxylation is 1. The van der Waals surface area contributed by atoms with Gasteiger partial charge >= 0.3 is 0 Å². The Kier molecular flexibility index (Phi) is 12.5. The number of benzene rings is 4. The molecule has 2 heterocycles. The van der Waals surface area contributed by atoms with Gasteiger partial charge in [-0.1, -0.05) is 49.9 Å². The maximum absolute atomic E-state index is 13.9. The zero-order valence-electron chi connectivity index (χ0n) is 34.7. The van der Waals surface area contributed by atoms with Gasteiger partial charge < -0.3 is 24.8 Å². The maximum Gasteiger partial charge on any atom is 0.224 e. The summed E-state index contributed by atoms with van der Waals surface area (Å²) in [4.78, 5) is 23.8. The van der Waals surface area contributed by atoms with E-state index in [0.717, 1.165) is 79.8 Å². The number of methoxy groups -OCH3 is 3. The number of allylic oxidation sites excluding steroid dienone is 3. The number of carbonyl (C=O) groups excluding carboxylic acids is 1. The first-order valence-corrected chi connectivity index (χ1v) is 19.6. The molecule has 2 N–H and O–H groups in total. The van der Waals surface area contributed by atoms with Crippen molar-refractivity contribution in [2.24, 2.45) is 9.98 Å². The fourth-order valence-electron chi connectivity index (χ4n) is 8.19. The second kappa shape index (κ2) is 17.5. The van der Waals surface area contributed by atoms with Crippen molar-refractivity contribution in [3.05, 3.63) is 148 Å². The maximum atomic E-state index is 13.9. The van der Waals surface area contributed by atoms with Crippen LogP contribution in [0.4, 0.5) is 0 Å². The number of nitrogens with zero attached hydrogens (tertiary/aromatic N) is 2. The first-order chi connectivity index (χ1) is 27.3. The van der Waals surface area contributed by atoms with Crippen LogP contribution in [0.2, 0.25) is 0 Å². The summed E-state index contributed by atoms with van der Waals surface area (Å²) in [5.74, 6) is 2.33. The summed E-state index contributed by atoms with van der Waals surface area (Å²) >= 11 is 0. The highest BCUT2D eigenvalue weighted by Crippen LogP contribution is 2.35. The molecule has 4 aromatic carbocycles. The SMILES string of the molecule is C=C(CC1=C(c2ccc(CC)cc2)C(c2ccc(OC)cc2)=NC1)NC(C)(C)CC(C)(C)NC(=O)CC1=C(c2ccc(OC)cc2)C(c2ccc(OC)cc2)=NC1. The summed E-state index contributed by atoms with van der Waals surface area (Å²) in [5.41, 5.74) is 11.7. The quantitative estimate of drug-likeness (QED) is 0.112. The molecule has 8 nitrogen and oxygen atoms in total. The third-order valence-electron chi connectivity index (χ3n) is 10.5. The Bertz CT molecular complexity index is 2050. The molecule has 296 valence electrons. The van der Waals surface area contributed by atoms with Crippen molar-refractivity contribution >= 4 is 28.5 Å². The van der Waals surface area contributed by atoms with Crippen LogP contribution >= 0.6 is 0 Å². The smallest absolute Gasteiger partial charge is 0.224 e. The Morgan fingerprint density at radius 1 is 0.596 bits per heavy atom. The lowest BCUT2D eigenvalue weighted by Crippen LogP contribution is -2.52. The first kappa shape index (κ1) is 40.8. The molecule has 1 amide bonds. The van der Waals surface area contributed by atoms with Gasteiger partial charge in [-0.05, 0) is 129 Å². The van der Waals surface area contributed by atoms with E-state index >= 15 is 0 Å². The molecular weight excluding hydrogens is 709 g/mol. The summed E-state index contributed by atoms with van der Waals surface area (Å²) in [5, 5.41) is 7.07. The zero-order valence-corrected chi connectivity index (χ0v) is 34.7. The lowest BCUT2D eigenvalue weighted by molar-refractivity contribution is -0.122. The minimum atomic E-state index is -0.517. The lowest BCUT2D eigenvalue weighted by Gasteiger charge is -2.37. The molecule has 0 saturated carbocycles. The molecule has 8 heteroatoms. The van der Waals surface area contributed by atoms with Crippen molar-refractivity contribution in [2.45, 2.75) is 71.4 Å². The molecule has 0 spiro atoms. The predicted molar refractivity (Wildman–Crippen MR) is 234 cm³/mol. The van der Waals surface area contributed by atoms with E-state index in [2.05, 4.69) is 88.2 Å². The van der Waals surface area contributed by atoms with Gasteiger partial charge in [-0.3, -0.25) is 14.8 Å². The predicted octanol–water partition coefficient (Wildman–Crippen LogP) is 9.44. The normalized spacial score (nSPS) is 14.3. The van der Waals surface area contributed by atoms with E-state index in [4.69, 9.17) is 24.2 Å². The molecule has 57 heavy (non-hydrogen) atoms. The average molecular weight is 765 g/mol. The highest BCUT2D eigenvalue weighted by Gasteiger charge is 2.32. The Balaban J connectivity index is 1.15. The van der Waals surface area contributed by atoms with Gasteiger partial charge in [-0.2, -0.15) is 0 Å². The Morgan fingerprint density at radius 3 is 1.40 bits per heavy atom. The van der Waals surface area contributed by atoms with Crippen LogP contribution in [0, 0.1) is 0 Å². The van der Waals surface area contributed by atoms with Crippen LogP contribution in [0.25, 0.3) is 11.1 Å². The van der Waals surface area contributed by atoms with Crippen molar-refractivity contribution in [3.8, 4) is 17.2 Å². The van der Waals surface area contributed by atoms with Gasteiger partial charge in [0.2, 0.25) is 5.91 Å². The van der Waals surface area contributed by atoms with E-state index in [9.17, 15) is 4.79 Å². The van der Waals surface area contributed by atoms with E-state index < -0.39 is 5.54 Å². The molecule has 0 aliphatic carbocycles. The Morgan fingerprint density at radius 2 is 0.982 bits per heavy atom. The first-order valence-electron chi connectivity index (χ1n) is 19.6. The molecule has 2 aliphatic heterocycles. The largest absolute Gasteiger partial charge is 0.497 e. The summed E-state index contributed by atoms with van der Waals surface area (Å²) < 4.78 is 16.2. The summed E-state index contributed by atoms with van der Waals surface area (Å²) in [6, 6.07) is 32.7. The van der Waals surface area contributed by atoms with Gasteiger partial charge in [0, 0.05) is 45.5 Å². The molecule has 2 aliphatic rings. The van der Waals surface area contributed by atoms with Crippen molar-refractivity contribution in [1.29, 1.82) is 0 Å². The monoisotopic (exact) mass is 764 g/mol. The van der Waals surface area contributed by atoms with Crippen LogP contribution in [0.1, 0.15) is 81.7 Å². The van der Waals surface area contributed by atoms with E-state index in [0.29, 0.717) is 25.9 Å². The minimum absolute atomic E-state index is 0.0418. The van der Waals surface area contributed by atoms with Crippen LogP contribution in [0.3, 0.4) is 0 Å². The van der Waals surface area contributed by atoms with Crippen molar-refractivity contribution in [1.82, 2.24) is 10.6 Å². The number of aliphatic imine (C=N–C) groups is 2. The fourth-order valence-corrected chi connectivity index (χ4v) is 8.19. The van der Waals surface area contributed by atoms with Crippen molar-refractivity contribution in [2.75, 3.05) is 34.4 Å². The topological polar surface area (TPSA) is 93.5 Å². The second-order valence-corrected chi connectivity index (χ2v) is 16.1. The highest BCUT2D eigenvalue weighted by atomic mass is 16.5. The van der Waals surface area contributed by atoms with Gasteiger partial charge in [0.25, 0.3) is 0 Å². The van der Waals surface area contributed by atoms with E-state index in [1.165, 1.54) is 11.1 Å². The van der Waals surface area contributed by atoms with Crippen LogP contribution in [0.15, 0.2) is 130 Å². The second-order valence-electron chi connectivity index (χ2n) is 16.1. The third kappa shape index (κ3) is 9.92. The number of nitrogens with one attached hydrogen (secondary N) is 2. The van der Waals surface area contributed by atoms with Gasteiger partial charge in [0.15, 0.2) is 0 Å². The molecule has 0 radical (unpaired) electrons. The molecule has 0 unspecified atom stereocenters. The van der Waals surface area contributed by atoms with Crippen molar-refractivity contribution < 1.29 is 19.0 Å².